The molecule has 2 heterocycles. The van der Waals surface area contributed by atoms with Crippen LogP contribution in [0.5, 0.6) is 0 Å². The van der Waals surface area contributed by atoms with Crippen molar-refractivity contribution in [3.8, 4) is 55.8 Å². The number of benzene rings is 7. The van der Waals surface area contributed by atoms with Crippen molar-refractivity contribution in [3.05, 3.63) is 205 Å². The normalized spacial score (nSPS) is 15.1. The van der Waals surface area contributed by atoms with Crippen LogP contribution in [0.4, 0.5) is 0 Å². The first-order chi connectivity index (χ1) is 25.3. The summed E-state index contributed by atoms with van der Waals surface area (Å²) in [6, 6.07) is 59.6. The van der Waals surface area contributed by atoms with Crippen molar-refractivity contribution in [1.29, 1.82) is 0 Å². The van der Waals surface area contributed by atoms with Crippen LogP contribution in [-0.4, -0.2) is 9.97 Å². The molecule has 2 aliphatic carbocycles. The fourth-order valence-electron chi connectivity index (χ4n) is 9.21. The molecule has 0 saturated heterocycles. The zero-order valence-electron chi connectivity index (χ0n) is 27.7. The lowest BCUT2D eigenvalue weighted by Crippen LogP contribution is -2.26. The van der Waals surface area contributed by atoms with Gasteiger partial charge in [0.05, 0.1) is 11.1 Å². The van der Waals surface area contributed by atoms with Gasteiger partial charge in [0.15, 0.2) is 0 Å². The van der Waals surface area contributed by atoms with E-state index in [0.717, 1.165) is 16.8 Å². The highest BCUT2D eigenvalue weighted by molar-refractivity contribution is 6.21. The summed E-state index contributed by atoms with van der Waals surface area (Å²) in [7, 11) is 0. The number of nitrogens with zero attached hydrogens (tertiary/aromatic N) is 2. The molecule has 2 aliphatic rings. The Balaban J connectivity index is 1.09. The molecule has 0 radical (unpaired) electrons. The Labute approximate surface area is 296 Å². The van der Waals surface area contributed by atoms with Gasteiger partial charge in [0.2, 0.25) is 0 Å². The van der Waals surface area contributed by atoms with E-state index in [-0.39, 0.29) is 0 Å². The summed E-state index contributed by atoms with van der Waals surface area (Å²) in [6.45, 7) is 0. The number of rotatable bonds is 3. The van der Waals surface area contributed by atoms with Gasteiger partial charge in [-0.05, 0) is 101 Å². The molecule has 0 N–H and O–H groups in total. The third-order valence-electron chi connectivity index (χ3n) is 11.2. The van der Waals surface area contributed by atoms with Gasteiger partial charge in [-0.1, -0.05) is 146 Å². The highest BCUT2D eigenvalue weighted by Gasteiger charge is 2.51. The van der Waals surface area contributed by atoms with E-state index < -0.39 is 5.41 Å². The van der Waals surface area contributed by atoms with Gasteiger partial charge in [-0.25, -0.2) is 0 Å². The summed E-state index contributed by atoms with van der Waals surface area (Å²) >= 11 is 0. The molecule has 0 saturated carbocycles. The third-order valence-corrected chi connectivity index (χ3v) is 11.2. The number of pyridine rings is 2. The Kier molecular flexibility index (Phi) is 5.91. The van der Waals surface area contributed by atoms with E-state index in [2.05, 4.69) is 181 Å². The molecule has 0 bridgehead atoms. The fourth-order valence-corrected chi connectivity index (χ4v) is 9.21. The van der Waals surface area contributed by atoms with Crippen LogP contribution in [0, 0.1) is 0 Å². The topological polar surface area (TPSA) is 25.8 Å². The van der Waals surface area contributed by atoms with Gasteiger partial charge in [-0.2, -0.15) is 0 Å². The van der Waals surface area contributed by atoms with Crippen molar-refractivity contribution in [2.24, 2.45) is 0 Å². The first kappa shape index (κ1) is 28.2. The number of hydrogen-bond donors (Lipinski definition) is 0. The minimum atomic E-state index is -0.430. The van der Waals surface area contributed by atoms with Crippen molar-refractivity contribution < 1.29 is 0 Å². The van der Waals surface area contributed by atoms with E-state index in [0.29, 0.717) is 0 Å². The SMILES string of the molecule is c1ccc(-c2c3ccccc3c(-c3ccc(-c4ccc5c(c4)C4(c6ccccc6-c6ccncc64)c4ccccc4-5)nc3)c3ccccc23)cc1. The maximum absolute atomic E-state index is 5.19. The van der Waals surface area contributed by atoms with Crippen LogP contribution in [0.3, 0.4) is 0 Å². The van der Waals surface area contributed by atoms with Gasteiger partial charge in [-0.15, -0.1) is 0 Å². The zero-order valence-corrected chi connectivity index (χ0v) is 27.7. The predicted molar refractivity (Wildman–Crippen MR) is 210 cm³/mol. The highest BCUT2D eigenvalue weighted by Crippen LogP contribution is 2.62. The molecule has 51 heavy (non-hydrogen) atoms. The molecule has 2 heteroatoms. The van der Waals surface area contributed by atoms with Gasteiger partial charge in [0.25, 0.3) is 0 Å². The molecular weight excluding hydrogens is 617 g/mol. The lowest BCUT2D eigenvalue weighted by Gasteiger charge is -2.30. The van der Waals surface area contributed by atoms with Gasteiger partial charge in [-0.3, -0.25) is 9.97 Å². The quantitative estimate of drug-likeness (QED) is 0.179. The van der Waals surface area contributed by atoms with E-state index in [4.69, 9.17) is 4.98 Å². The van der Waals surface area contributed by atoms with Crippen molar-refractivity contribution in [2.45, 2.75) is 5.41 Å². The summed E-state index contributed by atoms with van der Waals surface area (Å²) < 4.78 is 0. The molecule has 7 aromatic carbocycles. The molecule has 0 aliphatic heterocycles. The van der Waals surface area contributed by atoms with E-state index in [9.17, 15) is 0 Å². The van der Waals surface area contributed by atoms with Crippen molar-refractivity contribution in [1.82, 2.24) is 9.97 Å². The first-order valence-corrected chi connectivity index (χ1v) is 17.6. The first-order valence-electron chi connectivity index (χ1n) is 17.6. The molecule has 11 rings (SSSR count). The van der Waals surface area contributed by atoms with E-state index in [1.807, 2.05) is 6.20 Å². The average Bonchev–Trinajstić information content (AvgIpc) is 3.67. The fraction of sp³-hybridized carbons (Fsp3) is 0.0204. The molecule has 1 spiro atoms. The molecule has 9 aromatic rings. The molecular formula is C49H30N2. The minimum Gasteiger partial charge on any atom is -0.264 e. The zero-order chi connectivity index (χ0) is 33.5. The second-order valence-corrected chi connectivity index (χ2v) is 13.7. The number of fused-ring (bicyclic) bond motifs is 12. The van der Waals surface area contributed by atoms with E-state index in [1.165, 1.54) is 82.7 Å². The van der Waals surface area contributed by atoms with Crippen LogP contribution >= 0.6 is 0 Å². The Morgan fingerprint density at radius 2 is 0.882 bits per heavy atom. The average molecular weight is 647 g/mol. The monoisotopic (exact) mass is 646 g/mol. The van der Waals surface area contributed by atoms with Gasteiger partial charge >= 0.3 is 0 Å². The summed E-state index contributed by atoms with van der Waals surface area (Å²) in [5.74, 6) is 0. The van der Waals surface area contributed by atoms with Crippen molar-refractivity contribution in [2.75, 3.05) is 0 Å². The van der Waals surface area contributed by atoms with Crippen LogP contribution in [0.15, 0.2) is 182 Å². The molecule has 1 atom stereocenters. The lowest BCUT2D eigenvalue weighted by atomic mass is 9.71. The summed E-state index contributed by atoms with van der Waals surface area (Å²) in [5, 5.41) is 4.95. The lowest BCUT2D eigenvalue weighted by molar-refractivity contribution is 0.788. The molecule has 0 fully saturated rings. The van der Waals surface area contributed by atoms with Crippen LogP contribution in [0.1, 0.15) is 22.3 Å². The summed E-state index contributed by atoms with van der Waals surface area (Å²) in [6.07, 6.45) is 6.06. The molecule has 2 nitrogen and oxygen atoms in total. The molecule has 2 aromatic heterocycles. The minimum absolute atomic E-state index is 0.430. The van der Waals surface area contributed by atoms with Gasteiger partial charge in [0.1, 0.15) is 0 Å². The van der Waals surface area contributed by atoms with Crippen molar-refractivity contribution >= 4 is 21.5 Å². The van der Waals surface area contributed by atoms with Crippen LogP contribution in [0.2, 0.25) is 0 Å². The second kappa shape index (κ2) is 10.7. The number of hydrogen-bond acceptors (Lipinski definition) is 2. The third kappa shape index (κ3) is 3.82. The predicted octanol–water partition coefficient (Wildman–Crippen LogP) is 12.1. The smallest absolute Gasteiger partial charge is 0.0740 e. The summed E-state index contributed by atoms with van der Waals surface area (Å²) in [4.78, 5) is 9.86. The maximum Gasteiger partial charge on any atom is 0.0740 e. The van der Waals surface area contributed by atoms with Crippen LogP contribution in [-0.2, 0) is 5.41 Å². The standard InChI is InChI=1S/C49H30N2/c1-2-12-31(13-3-1)47-38-16-4-6-18-40(38)48(41-19-7-5-17-39(41)47)33-23-25-46(51-29-33)32-22-24-36-34-14-8-10-20-42(34)49(44(36)28-32)43-21-11-9-15-35(43)37-26-27-50-30-45(37)49/h1-30H. The molecule has 236 valence electrons. The summed E-state index contributed by atoms with van der Waals surface area (Å²) in [5.41, 5.74) is 16.7. The highest BCUT2D eigenvalue weighted by atomic mass is 14.7. The maximum atomic E-state index is 5.19. The Bertz CT molecular complexity index is 2730. The molecule has 0 amide bonds. The van der Waals surface area contributed by atoms with Crippen LogP contribution < -0.4 is 0 Å². The second-order valence-electron chi connectivity index (χ2n) is 13.7. The Hall–Kier alpha value is -6.64. The molecule has 1 unspecified atom stereocenters. The van der Waals surface area contributed by atoms with E-state index >= 15 is 0 Å². The van der Waals surface area contributed by atoms with Crippen molar-refractivity contribution in [3.63, 3.8) is 0 Å². The van der Waals surface area contributed by atoms with E-state index in [1.54, 1.807) is 0 Å². The largest absolute Gasteiger partial charge is 0.264 e. The van der Waals surface area contributed by atoms with Gasteiger partial charge < -0.3 is 0 Å². The van der Waals surface area contributed by atoms with Gasteiger partial charge in [0, 0.05) is 29.7 Å². The van der Waals surface area contributed by atoms with Crippen LogP contribution in [0.25, 0.3) is 77.3 Å². The Morgan fingerprint density at radius 1 is 0.353 bits per heavy atom. The Morgan fingerprint density at radius 3 is 1.51 bits per heavy atom. The number of aromatic nitrogens is 2.